The first-order chi connectivity index (χ1) is 16.5. The third-order valence-electron chi connectivity index (χ3n) is 6.19. The Bertz CT molecular complexity index is 1620. The summed E-state index contributed by atoms with van der Waals surface area (Å²) in [5, 5.41) is 2.46. The molecule has 4 nitrogen and oxygen atoms in total. The number of hydrogen-bond acceptors (Lipinski definition) is 3. The fourth-order valence-electron chi connectivity index (χ4n) is 4.55. The zero-order chi connectivity index (χ0) is 23.3. The fourth-order valence-corrected chi connectivity index (χ4v) is 4.55. The molecular weight excluding hydrogens is 418 g/mol. The van der Waals surface area contributed by atoms with Crippen LogP contribution in [0.5, 0.6) is 0 Å². The van der Waals surface area contributed by atoms with Crippen LogP contribution in [0.1, 0.15) is 26.3 Å². The molecule has 0 saturated heterocycles. The van der Waals surface area contributed by atoms with Crippen molar-refractivity contribution in [2.24, 2.45) is 0 Å². The van der Waals surface area contributed by atoms with Gasteiger partial charge in [0, 0.05) is 16.8 Å². The predicted molar refractivity (Wildman–Crippen MR) is 138 cm³/mol. The van der Waals surface area contributed by atoms with Gasteiger partial charge >= 0.3 is 0 Å². The SMILES string of the molecule is CC(C)(C)c1cc(-c2nc3oc(-c4ccccc4)nc3n2-c2ccccc2)cc2ccccc12. The van der Waals surface area contributed by atoms with E-state index < -0.39 is 0 Å². The lowest BCUT2D eigenvalue weighted by molar-refractivity contribution is 0.596. The van der Waals surface area contributed by atoms with Gasteiger partial charge in [-0.2, -0.15) is 9.97 Å². The molecule has 4 aromatic carbocycles. The lowest BCUT2D eigenvalue weighted by Gasteiger charge is -2.23. The topological polar surface area (TPSA) is 43.9 Å². The highest BCUT2D eigenvalue weighted by molar-refractivity contribution is 5.91. The highest BCUT2D eigenvalue weighted by Crippen LogP contribution is 2.37. The Morgan fingerprint density at radius 2 is 1.38 bits per heavy atom. The summed E-state index contributed by atoms with van der Waals surface area (Å²) in [6.07, 6.45) is 0. The van der Waals surface area contributed by atoms with Gasteiger partial charge in [-0.3, -0.25) is 4.57 Å². The second kappa shape index (κ2) is 7.70. The first-order valence-corrected chi connectivity index (χ1v) is 11.5. The molecule has 0 atom stereocenters. The minimum Gasteiger partial charge on any atom is -0.416 e. The van der Waals surface area contributed by atoms with E-state index in [2.05, 4.69) is 73.9 Å². The molecule has 0 fully saturated rings. The number of nitrogens with zero attached hydrogens (tertiary/aromatic N) is 3. The summed E-state index contributed by atoms with van der Waals surface area (Å²) >= 11 is 0. The fraction of sp³-hybridized carbons (Fsp3) is 0.133. The first-order valence-electron chi connectivity index (χ1n) is 11.5. The molecule has 2 aromatic heterocycles. The molecule has 0 amide bonds. The summed E-state index contributed by atoms with van der Waals surface area (Å²) in [7, 11) is 0. The van der Waals surface area contributed by atoms with Crippen LogP contribution in [0.2, 0.25) is 0 Å². The van der Waals surface area contributed by atoms with Gasteiger partial charge in [-0.05, 0) is 58.1 Å². The zero-order valence-corrected chi connectivity index (χ0v) is 19.5. The Morgan fingerprint density at radius 1 is 0.706 bits per heavy atom. The number of imidazole rings is 1. The quantitative estimate of drug-likeness (QED) is 0.280. The van der Waals surface area contributed by atoms with E-state index in [9.17, 15) is 0 Å². The molecule has 4 heteroatoms. The molecule has 6 rings (SSSR count). The van der Waals surface area contributed by atoms with Crippen molar-refractivity contribution in [3.8, 4) is 28.5 Å². The molecular formula is C30H25N3O. The molecule has 0 aliphatic carbocycles. The van der Waals surface area contributed by atoms with E-state index >= 15 is 0 Å². The number of oxazole rings is 1. The Morgan fingerprint density at radius 3 is 2.12 bits per heavy atom. The van der Waals surface area contributed by atoms with E-state index in [1.807, 2.05) is 48.5 Å². The third kappa shape index (κ3) is 3.39. The molecule has 0 unspecified atom stereocenters. The Kier molecular flexibility index (Phi) is 4.63. The van der Waals surface area contributed by atoms with Crippen LogP contribution in [0.4, 0.5) is 0 Å². The summed E-state index contributed by atoms with van der Waals surface area (Å²) in [5.41, 5.74) is 5.49. The highest BCUT2D eigenvalue weighted by Gasteiger charge is 2.23. The molecule has 0 N–H and O–H groups in total. The Labute approximate surface area is 198 Å². The third-order valence-corrected chi connectivity index (χ3v) is 6.19. The van der Waals surface area contributed by atoms with Crippen LogP contribution in [0.25, 0.3) is 50.7 Å². The van der Waals surface area contributed by atoms with Gasteiger partial charge in [0.25, 0.3) is 5.71 Å². The van der Waals surface area contributed by atoms with Crippen molar-refractivity contribution in [1.82, 2.24) is 14.5 Å². The number of benzene rings is 4. The maximum atomic E-state index is 6.16. The molecule has 0 aliphatic rings. The van der Waals surface area contributed by atoms with Crippen LogP contribution in [0, 0.1) is 0 Å². The average Bonchev–Trinajstić information content (AvgIpc) is 3.42. The smallest absolute Gasteiger partial charge is 0.267 e. The van der Waals surface area contributed by atoms with Gasteiger partial charge in [0.15, 0.2) is 0 Å². The normalized spacial score (nSPS) is 12.0. The molecule has 2 heterocycles. The maximum Gasteiger partial charge on any atom is 0.267 e. The van der Waals surface area contributed by atoms with Crippen molar-refractivity contribution in [1.29, 1.82) is 0 Å². The summed E-state index contributed by atoms with van der Waals surface area (Å²) in [6.45, 7) is 6.76. The summed E-state index contributed by atoms with van der Waals surface area (Å²) in [4.78, 5) is 9.84. The van der Waals surface area contributed by atoms with E-state index in [4.69, 9.17) is 14.4 Å². The summed E-state index contributed by atoms with van der Waals surface area (Å²) < 4.78 is 8.26. The van der Waals surface area contributed by atoms with Crippen molar-refractivity contribution in [2.75, 3.05) is 0 Å². The van der Waals surface area contributed by atoms with Gasteiger partial charge in [0.05, 0.1) is 0 Å². The molecule has 0 spiro atoms. The van der Waals surface area contributed by atoms with Gasteiger partial charge in [-0.1, -0.05) is 81.4 Å². The zero-order valence-electron chi connectivity index (χ0n) is 19.5. The predicted octanol–water partition coefficient (Wildman–Crippen LogP) is 7.80. The Hall–Kier alpha value is -4.18. The number of hydrogen-bond donors (Lipinski definition) is 0. The van der Waals surface area contributed by atoms with Crippen LogP contribution in [0.15, 0.2) is 101 Å². The maximum absolute atomic E-state index is 6.16. The van der Waals surface area contributed by atoms with Crippen LogP contribution in [-0.2, 0) is 5.41 Å². The highest BCUT2D eigenvalue weighted by atomic mass is 16.4. The molecule has 6 aromatic rings. The number of fused-ring (bicyclic) bond motifs is 2. The second-order valence-corrected chi connectivity index (χ2v) is 9.62. The van der Waals surface area contributed by atoms with E-state index in [0.717, 1.165) is 22.6 Å². The first kappa shape index (κ1) is 20.4. The van der Waals surface area contributed by atoms with E-state index in [1.165, 1.54) is 16.3 Å². The van der Waals surface area contributed by atoms with Crippen LogP contribution < -0.4 is 0 Å². The van der Waals surface area contributed by atoms with Gasteiger partial charge in [-0.15, -0.1) is 0 Å². The molecule has 0 saturated carbocycles. The molecule has 34 heavy (non-hydrogen) atoms. The van der Waals surface area contributed by atoms with Gasteiger partial charge < -0.3 is 4.42 Å². The van der Waals surface area contributed by atoms with Gasteiger partial charge in [0.2, 0.25) is 11.5 Å². The van der Waals surface area contributed by atoms with Crippen molar-refractivity contribution < 1.29 is 4.42 Å². The molecule has 0 radical (unpaired) electrons. The van der Waals surface area contributed by atoms with Crippen molar-refractivity contribution in [3.63, 3.8) is 0 Å². The van der Waals surface area contributed by atoms with E-state index in [0.29, 0.717) is 17.3 Å². The minimum absolute atomic E-state index is 0.0162. The number of aromatic nitrogens is 3. The monoisotopic (exact) mass is 443 g/mol. The Balaban J connectivity index is 1.64. The molecule has 0 aliphatic heterocycles. The summed E-state index contributed by atoms with van der Waals surface area (Å²) in [5.74, 6) is 1.39. The minimum atomic E-state index is -0.0162. The van der Waals surface area contributed by atoms with Gasteiger partial charge in [-0.25, -0.2) is 0 Å². The number of para-hydroxylation sites is 1. The van der Waals surface area contributed by atoms with Gasteiger partial charge in [0.1, 0.15) is 5.82 Å². The lowest BCUT2D eigenvalue weighted by Crippen LogP contribution is -2.12. The van der Waals surface area contributed by atoms with Crippen molar-refractivity contribution >= 4 is 22.1 Å². The standard InChI is InChI=1S/C30H25N3O/c1-30(2,3)25-19-22(18-21-14-10-11-17-24(21)25)26-31-29-27(33(26)23-15-8-5-9-16-23)32-28(34-29)20-12-6-4-7-13-20/h4-19H,1-3H3. The number of rotatable bonds is 3. The molecule has 0 bridgehead atoms. The summed E-state index contributed by atoms with van der Waals surface area (Å²) in [6, 6.07) is 33.2. The van der Waals surface area contributed by atoms with E-state index in [1.54, 1.807) is 0 Å². The van der Waals surface area contributed by atoms with Crippen LogP contribution in [-0.4, -0.2) is 14.5 Å². The van der Waals surface area contributed by atoms with Crippen molar-refractivity contribution in [2.45, 2.75) is 26.2 Å². The van der Waals surface area contributed by atoms with Crippen molar-refractivity contribution in [3.05, 3.63) is 103 Å². The molecule has 166 valence electrons. The average molecular weight is 444 g/mol. The van der Waals surface area contributed by atoms with Crippen LogP contribution in [0.3, 0.4) is 0 Å². The van der Waals surface area contributed by atoms with Crippen LogP contribution >= 0.6 is 0 Å². The second-order valence-electron chi connectivity index (χ2n) is 9.62. The lowest BCUT2D eigenvalue weighted by atomic mass is 9.82. The largest absolute Gasteiger partial charge is 0.416 e. The van der Waals surface area contributed by atoms with E-state index in [-0.39, 0.29) is 5.41 Å².